The van der Waals surface area contributed by atoms with Gasteiger partial charge in [0.2, 0.25) is 5.91 Å². The number of oxazole rings is 1. The number of rotatable bonds is 4. The van der Waals surface area contributed by atoms with Crippen molar-refractivity contribution in [2.45, 2.75) is 24.5 Å². The molecule has 0 unspecified atom stereocenters. The van der Waals surface area contributed by atoms with Crippen LogP contribution in [0.15, 0.2) is 52.1 Å². The molecule has 0 radical (unpaired) electrons. The van der Waals surface area contributed by atoms with Gasteiger partial charge in [-0.15, -0.1) is 0 Å². The largest absolute Gasteiger partial charge is 0.431 e. The van der Waals surface area contributed by atoms with Crippen molar-refractivity contribution in [2.24, 2.45) is 0 Å². The molecule has 4 rings (SSSR count). The summed E-state index contributed by atoms with van der Waals surface area (Å²) in [6, 6.07) is 13.8. The molecular formula is C18H16N2O2S. The highest BCUT2D eigenvalue weighted by molar-refractivity contribution is 7.99. The fraction of sp³-hybridized carbons (Fsp3) is 0.222. The van der Waals surface area contributed by atoms with Crippen molar-refractivity contribution in [1.29, 1.82) is 0 Å². The van der Waals surface area contributed by atoms with Crippen LogP contribution in [-0.4, -0.2) is 16.6 Å². The molecule has 116 valence electrons. The standard InChI is InChI=1S/C18H16N2O2S/c21-17(19-14-9-8-12-4-3-5-13(12)10-14)11-23-18-20-15-6-1-2-7-16(15)22-18/h1-2,6-10H,3-5,11H2,(H,19,21). The molecule has 0 fully saturated rings. The Bertz CT molecular complexity index is 839. The minimum atomic E-state index is -0.0461. The Hall–Kier alpha value is -2.27. The molecule has 3 aromatic rings. The van der Waals surface area contributed by atoms with Gasteiger partial charge in [-0.2, -0.15) is 0 Å². The van der Waals surface area contributed by atoms with Crippen LogP contribution >= 0.6 is 11.8 Å². The number of carbonyl (C=O) groups excluding carboxylic acids is 1. The van der Waals surface area contributed by atoms with E-state index in [1.807, 2.05) is 30.3 Å². The number of hydrogen-bond donors (Lipinski definition) is 1. The number of para-hydroxylation sites is 2. The first-order valence-electron chi connectivity index (χ1n) is 7.68. The van der Waals surface area contributed by atoms with Gasteiger partial charge in [0, 0.05) is 5.69 Å². The molecule has 0 saturated heterocycles. The van der Waals surface area contributed by atoms with Gasteiger partial charge in [-0.3, -0.25) is 4.79 Å². The van der Waals surface area contributed by atoms with Gasteiger partial charge in [-0.05, 0) is 54.7 Å². The third kappa shape index (κ3) is 3.10. The van der Waals surface area contributed by atoms with Crippen LogP contribution in [0.25, 0.3) is 11.1 Å². The van der Waals surface area contributed by atoms with Crippen LogP contribution in [0.2, 0.25) is 0 Å². The average Bonchev–Trinajstić information content (AvgIpc) is 3.18. The van der Waals surface area contributed by atoms with Crippen LogP contribution in [0, 0.1) is 0 Å². The van der Waals surface area contributed by atoms with Crippen LogP contribution in [0.3, 0.4) is 0 Å². The van der Waals surface area contributed by atoms with Crippen LogP contribution < -0.4 is 5.32 Å². The van der Waals surface area contributed by atoms with Crippen molar-refractivity contribution in [3.63, 3.8) is 0 Å². The number of nitrogens with one attached hydrogen (secondary N) is 1. The van der Waals surface area contributed by atoms with Crippen LogP contribution in [-0.2, 0) is 17.6 Å². The Kier molecular flexibility index (Phi) is 3.79. The van der Waals surface area contributed by atoms with E-state index in [2.05, 4.69) is 22.4 Å². The molecule has 0 atom stereocenters. The Morgan fingerprint density at radius 1 is 1.17 bits per heavy atom. The van der Waals surface area contributed by atoms with E-state index in [9.17, 15) is 4.79 Å². The molecular weight excluding hydrogens is 308 g/mol. The zero-order chi connectivity index (χ0) is 15.6. The van der Waals surface area contributed by atoms with Crippen LogP contribution in [0.4, 0.5) is 5.69 Å². The number of aromatic nitrogens is 1. The molecule has 2 aromatic carbocycles. The first-order chi connectivity index (χ1) is 11.3. The molecule has 1 N–H and O–H groups in total. The van der Waals surface area contributed by atoms with Crippen molar-refractivity contribution >= 4 is 34.5 Å². The summed E-state index contributed by atoms with van der Waals surface area (Å²) in [6.45, 7) is 0. The summed E-state index contributed by atoms with van der Waals surface area (Å²) in [5, 5.41) is 3.47. The second-order valence-electron chi connectivity index (χ2n) is 5.62. The summed E-state index contributed by atoms with van der Waals surface area (Å²) in [5.41, 5.74) is 5.19. The number of hydrogen-bond acceptors (Lipinski definition) is 4. The molecule has 1 heterocycles. The summed E-state index contributed by atoms with van der Waals surface area (Å²) in [6.07, 6.45) is 3.47. The summed E-state index contributed by atoms with van der Waals surface area (Å²) in [4.78, 5) is 16.5. The molecule has 1 aliphatic rings. The molecule has 0 saturated carbocycles. The Morgan fingerprint density at radius 2 is 2.04 bits per heavy atom. The number of benzene rings is 2. The second kappa shape index (κ2) is 6.08. The molecule has 23 heavy (non-hydrogen) atoms. The van der Waals surface area contributed by atoms with E-state index in [0.717, 1.165) is 29.6 Å². The highest BCUT2D eigenvalue weighted by atomic mass is 32.2. The van der Waals surface area contributed by atoms with Gasteiger partial charge < -0.3 is 9.73 Å². The number of nitrogens with zero attached hydrogens (tertiary/aromatic N) is 1. The zero-order valence-corrected chi connectivity index (χ0v) is 13.4. The van der Waals surface area contributed by atoms with Crippen molar-refractivity contribution in [3.8, 4) is 0 Å². The second-order valence-corrected chi connectivity index (χ2v) is 6.55. The number of carbonyl (C=O) groups is 1. The summed E-state index contributed by atoms with van der Waals surface area (Å²) in [7, 11) is 0. The molecule has 1 aromatic heterocycles. The van der Waals surface area contributed by atoms with E-state index in [4.69, 9.17) is 4.42 Å². The number of aryl methyl sites for hydroxylation is 2. The first kappa shape index (κ1) is 14.3. The van der Waals surface area contributed by atoms with E-state index >= 15 is 0 Å². The number of thioether (sulfide) groups is 1. The van der Waals surface area contributed by atoms with E-state index in [-0.39, 0.29) is 11.7 Å². The van der Waals surface area contributed by atoms with Gasteiger partial charge in [-0.1, -0.05) is 30.0 Å². The van der Waals surface area contributed by atoms with Crippen molar-refractivity contribution < 1.29 is 9.21 Å². The van der Waals surface area contributed by atoms with Crippen molar-refractivity contribution in [1.82, 2.24) is 4.98 Å². The molecule has 4 nitrogen and oxygen atoms in total. The minimum absolute atomic E-state index is 0.0461. The molecule has 5 heteroatoms. The van der Waals surface area contributed by atoms with E-state index in [0.29, 0.717) is 5.22 Å². The van der Waals surface area contributed by atoms with Crippen LogP contribution in [0.1, 0.15) is 17.5 Å². The lowest BCUT2D eigenvalue weighted by atomic mass is 10.1. The van der Waals surface area contributed by atoms with Gasteiger partial charge in [0.05, 0.1) is 5.75 Å². The number of fused-ring (bicyclic) bond motifs is 2. The smallest absolute Gasteiger partial charge is 0.257 e. The number of amides is 1. The third-order valence-electron chi connectivity index (χ3n) is 3.98. The zero-order valence-electron chi connectivity index (χ0n) is 12.5. The van der Waals surface area contributed by atoms with Gasteiger partial charge >= 0.3 is 0 Å². The topological polar surface area (TPSA) is 55.1 Å². The van der Waals surface area contributed by atoms with Gasteiger partial charge in [0.15, 0.2) is 5.58 Å². The lowest BCUT2D eigenvalue weighted by Crippen LogP contribution is -2.14. The van der Waals surface area contributed by atoms with Gasteiger partial charge in [0.1, 0.15) is 5.52 Å². The summed E-state index contributed by atoms with van der Waals surface area (Å²) < 4.78 is 5.60. The van der Waals surface area contributed by atoms with E-state index < -0.39 is 0 Å². The third-order valence-corrected chi connectivity index (χ3v) is 4.81. The maximum atomic E-state index is 12.1. The van der Waals surface area contributed by atoms with Crippen LogP contribution in [0.5, 0.6) is 0 Å². The average molecular weight is 324 g/mol. The van der Waals surface area contributed by atoms with E-state index in [1.165, 1.54) is 29.3 Å². The lowest BCUT2D eigenvalue weighted by Gasteiger charge is -2.06. The van der Waals surface area contributed by atoms with Gasteiger partial charge in [0.25, 0.3) is 5.22 Å². The Balaban J connectivity index is 1.38. The first-order valence-corrected chi connectivity index (χ1v) is 8.66. The SMILES string of the molecule is O=C(CSc1nc2ccccc2o1)Nc1ccc2c(c1)CCC2. The molecule has 0 spiro atoms. The minimum Gasteiger partial charge on any atom is -0.431 e. The predicted octanol–water partition coefficient (Wildman–Crippen LogP) is 4.05. The normalized spacial score (nSPS) is 13.2. The van der Waals surface area contributed by atoms with Gasteiger partial charge in [-0.25, -0.2) is 4.98 Å². The Morgan fingerprint density at radius 3 is 2.96 bits per heavy atom. The van der Waals surface area contributed by atoms with E-state index in [1.54, 1.807) is 0 Å². The lowest BCUT2D eigenvalue weighted by molar-refractivity contribution is -0.113. The molecule has 1 amide bonds. The molecule has 1 aliphatic carbocycles. The maximum absolute atomic E-state index is 12.1. The quantitative estimate of drug-likeness (QED) is 0.736. The van der Waals surface area contributed by atoms with Crippen molar-refractivity contribution in [3.05, 3.63) is 53.6 Å². The fourth-order valence-corrected chi connectivity index (χ4v) is 3.53. The summed E-state index contributed by atoms with van der Waals surface area (Å²) in [5.74, 6) is 0.236. The maximum Gasteiger partial charge on any atom is 0.257 e. The predicted molar refractivity (Wildman–Crippen MR) is 91.8 cm³/mol. The molecule has 0 bridgehead atoms. The van der Waals surface area contributed by atoms with Crippen molar-refractivity contribution in [2.75, 3.05) is 11.1 Å². The highest BCUT2D eigenvalue weighted by Gasteiger charge is 2.13. The highest BCUT2D eigenvalue weighted by Crippen LogP contribution is 2.26. The monoisotopic (exact) mass is 324 g/mol. The Labute approximate surface area is 138 Å². The molecule has 0 aliphatic heterocycles. The fourth-order valence-electron chi connectivity index (χ4n) is 2.89. The number of anilines is 1. The summed E-state index contributed by atoms with van der Waals surface area (Å²) >= 11 is 1.31.